The number of carbonyl (C=O) groups excluding carboxylic acids is 1. The average molecular weight is 430 g/mol. The first-order valence-electron chi connectivity index (χ1n) is 8.78. The maximum absolute atomic E-state index is 13.5. The Hall–Kier alpha value is -3.41. The molecule has 1 atom stereocenters. The van der Waals surface area contributed by atoms with Gasteiger partial charge < -0.3 is 0 Å². The van der Waals surface area contributed by atoms with E-state index in [1.165, 1.54) is 48.9 Å². The maximum atomic E-state index is 13.5. The van der Waals surface area contributed by atoms with Crippen molar-refractivity contribution in [3.05, 3.63) is 76.5 Å². The molecule has 3 rings (SSSR count). The van der Waals surface area contributed by atoms with E-state index < -0.39 is 26.9 Å². The highest BCUT2D eigenvalue weighted by molar-refractivity contribution is 7.89. The van der Waals surface area contributed by atoms with Crippen molar-refractivity contribution in [3.63, 3.8) is 0 Å². The Bertz CT molecular complexity index is 1190. The lowest BCUT2D eigenvalue weighted by molar-refractivity contribution is -0.384. The summed E-state index contributed by atoms with van der Waals surface area (Å²) in [5.41, 5.74) is 1.99. The molecular formula is C19H18N4O6S. The number of nitro groups is 1. The maximum Gasteiger partial charge on any atom is 0.269 e. The fraction of sp³-hybridized carbons (Fsp3) is 0.158. The SMILES string of the molecule is C[C@@H](C(=O)NO)N(Cc1ccc([N+](=O)[O-])cc1)S(=O)(=O)c1cccc2cccnc12. The predicted octanol–water partition coefficient (Wildman–Crippen LogP) is 2.23. The van der Waals surface area contributed by atoms with Crippen molar-refractivity contribution in [2.45, 2.75) is 24.4 Å². The van der Waals surface area contributed by atoms with Crippen LogP contribution in [0.25, 0.3) is 10.9 Å². The predicted molar refractivity (Wildman–Crippen MR) is 107 cm³/mol. The van der Waals surface area contributed by atoms with Gasteiger partial charge in [-0.25, -0.2) is 13.9 Å². The Balaban J connectivity index is 2.09. The lowest BCUT2D eigenvalue weighted by Crippen LogP contribution is -2.46. The molecular weight excluding hydrogens is 412 g/mol. The Morgan fingerprint density at radius 1 is 1.20 bits per heavy atom. The summed E-state index contributed by atoms with van der Waals surface area (Å²) in [5.74, 6) is -0.923. The number of nitrogens with one attached hydrogen (secondary N) is 1. The highest BCUT2D eigenvalue weighted by Gasteiger charge is 2.34. The van der Waals surface area contributed by atoms with Gasteiger partial charge in [0.05, 0.1) is 10.4 Å². The Kier molecular flexibility index (Phi) is 6.06. The topological polar surface area (TPSA) is 143 Å². The number of hydroxylamine groups is 1. The van der Waals surface area contributed by atoms with E-state index in [0.717, 1.165) is 4.31 Å². The molecule has 0 saturated carbocycles. The standard InChI is InChI=1S/C19H18N4O6S/c1-13(19(24)21-25)22(12-14-7-9-16(10-8-14)23(26)27)30(28,29)17-6-2-4-15-5-3-11-20-18(15)17/h2-11,13,25H,12H2,1H3,(H,21,24)/t13-/m0/s1. The van der Waals surface area contributed by atoms with Gasteiger partial charge >= 0.3 is 0 Å². The number of rotatable bonds is 7. The monoisotopic (exact) mass is 430 g/mol. The molecule has 10 nitrogen and oxygen atoms in total. The van der Waals surface area contributed by atoms with Crippen molar-refractivity contribution in [1.82, 2.24) is 14.8 Å². The molecule has 0 bridgehead atoms. The van der Waals surface area contributed by atoms with Crippen molar-refractivity contribution in [3.8, 4) is 0 Å². The Labute approximate surface area is 171 Å². The normalized spacial score (nSPS) is 12.6. The van der Waals surface area contributed by atoms with Gasteiger partial charge in [0, 0.05) is 30.3 Å². The molecule has 0 fully saturated rings. The second-order valence-corrected chi connectivity index (χ2v) is 8.32. The third kappa shape index (κ3) is 4.13. The number of sulfonamides is 1. The summed E-state index contributed by atoms with van der Waals surface area (Å²) in [5, 5.41) is 20.5. The number of para-hydroxylation sites is 1. The van der Waals surface area contributed by atoms with Crippen LogP contribution in [0.2, 0.25) is 0 Å². The number of non-ortho nitro benzene ring substituents is 1. The van der Waals surface area contributed by atoms with Gasteiger partial charge in [0.1, 0.15) is 10.9 Å². The number of amides is 1. The van der Waals surface area contributed by atoms with Gasteiger partial charge in [-0.15, -0.1) is 0 Å². The summed E-state index contributed by atoms with van der Waals surface area (Å²) >= 11 is 0. The van der Waals surface area contributed by atoms with Gasteiger partial charge in [0.25, 0.3) is 11.6 Å². The number of nitro benzene ring substituents is 1. The molecule has 11 heteroatoms. The fourth-order valence-electron chi connectivity index (χ4n) is 2.97. The Morgan fingerprint density at radius 2 is 1.87 bits per heavy atom. The minimum Gasteiger partial charge on any atom is -0.289 e. The molecule has 30 heavy (non-hydrogen) atoms. The number of aromatic nitrogens is 1. The number of nitrogens with zero attached hydrogens (tertiary/aromatic N) is 3. The van der Waals surface area contributed by atoms with E-state index in [2.05, 4.69) is 4.98 Å². The molecule has 156 valence electrons. The van der Waals surface area contributed by atoms with E-state index in [-0.39, 0.29) is 22.6 Å². The lowest BCUT2D eigenvalue weighted by atomic mass is 10.2. The van der Waals surface area contributed by atoms with Crippen LogP contribution in [0, 0.1) is 10.1 Å². The Morgan fingerprint density at radius 3 is 2.50 bits per heavy atom. The molecule has 3 aromatic rings. The summed E-state index contributed by atoms with van der Waals surface area (Å²) in [6.07, 6.45) is 1.46. The lowest BCUT2D eigenvalue weighted by Gasteiger charge is -2.27. The van der Waals surface area contributed by atoms with Crippen LogP contribution in [0.5, 0.6) is 0 Å². The number of benzene rings is 2. The highest BCUT2D eigenvalue weighted by atomic mass is 32.2. The van der Waals surface area contributed by atoms with Gasteiger partial charge in [-0.2, -0.15) is 4.31 Å². The quantitative estimate of drug-likeness (QED) is 0.332. The molecule has 0 spiro atoms. The van der Waals surface area contributed by atoms with Crippen LogP contribution in [0.4, 0.5) is 5.69 Å². The fourth-order valence-corrected chi connectivity index (χ4v) is 4.72. The van der Waals surface area contributed by atoms with Crippen LogP contribution in [0.15, 0.2) is 65.7 Å². The summed E-state index contributed by atoms with van der Waals surface area (Å²) in [6, 6.07) is 12.1. The number of carbonyl (C=O) groups is 1. The number of hydrogen-bond acceptors (Lipinski definition) is 7. The van der Waals surface area contributed by atoms with Gasteiger partial charge in [0.15, 0.2) is 0 Å². The van der Waals surface area contributed by atoms with Crippen LogP contribution in [-0.4, -0.2) is 39.8 Å². The number of fused-ring (bicyclic) bond motifs is 1. The van der Waals surface area contributed by atoms with Crippen LogP contribution in [0.3, 0.4) is 0 Å². The second kappa shape index (κ2) is 8.53. The molecule has 0 saturated heterocycles. The summed E-state index contributed by atoms with van der Waals surface area (Å²) in [6.45, 7) is 1.07. The van der Waals surface area contributed by atoms with Crippen molar-refractivity contribution >= 4 is 32.5 Å². The van der Waals surface area contributed by atoms with Crippen LogP contribution < -0.4 is 5.48 Å². The molecule has 2 aromatic carbocycles. The molecule has 1 heterocycles. The molecule has 0 aliphatic rings. The number of pyridine rings is 1. The largest absolute Gasteiger partial charge is 0.289 e. The first-order valence-corrected chi connectivity index (χ1v) is 10.2. The van der Waals surface area contributed by atoms with E-state index in [0.29, 0.717) is 10.9 Å². The zero-order chi connectivity index (χ0) is 21.9. The molecule has 0 aliphatic heterocycles. The zero-order valence-corrected chi connectivity index (χ0v) is 16.6. The molecule has 1 amide bonds. The first kappa shape index (κ1) is 21.3. The minimum atomic E-state index is -4.24. The average Bonchev–Trinajstić information content (AvgIpc) is 2.76. The van der Waals surface area contributed by atoms with E-state index >= 15 is 0 Å². The summed E-state index contributed by atoms with van der Waals surface area (Å²) in [7, 11) is -4.24. The van der Waals surface area contributed by atoms with Gasteiger partial charge in [-0.05, 0) is 24.6 Å². The van der Waals surface area contributed by atoms with E-state index in [9.17, 15) is 23.3 Å². The van der Waals surface area contributed by atoms with Crippen LogP contribution in [0.1, 0.15) is 12.5 Å². The van der Waals surface area contributed by atoms with Crippen molar-refractivity contribution in [2.75, 3.05) is 0 Å². The second-order valence-electron chi connectivity index (χ2n) is 6.46. The third-order valence-corrected chi connectivity index (χ3v) is 6.54. The first-order chi connectivity index (χ1) is 14.3. The van der Waals surface area contributed by atoms with Crippen LogP contribution >= 0.6 is 0 Å². The van der Waals surface area contributed by atoms with Crippen LogP contribution in [-0.2, 0) is 21.4 Å². The zero-order valence-electron chi connectivity index (χ0n) is 15.8. The van der Waals surface area contributed by atoms with Crippen molar-refractivity contribution in [2.24, 2.45) is 0 Å². The van der Waals surface area contributed by atoms with Gasteiger partial charge in [-0.1, -0.05) is 30.3 Å². The van der Waals surface area contributed by atoms with Gasteiger partial charge in [-0.3, -0.25) is 25.1 Å². The van der Waals surface area contributed by atoms with Crippen molar-refractivity contribution < 1.29 is 23.3 Å². The van der Waals surface area contributed by atoms with E-state index in [4.69, 9.17) is 5.21 Å². The third-order valence-electron chi connectivity index (χ3n) is 4.59. The highest BCUT2D eigenvalue weighted by Crippen LogP contribution is 2.27. The van der Waals surface area contributed by atoms with Crippen molar-refractivity contribution in [1.29, 1.82) is 0 Å². The molecule has 0 aliphatic carbocycles. The van der Waals surface area contributed by atoms with E-state index in [1.807, 2.05) is 0 Å². The molecule has 2 N–H and O–H groups in total. The molecule has 0 radical (unpaired) electrons. The number of hydrogen-bond donors (Lipinski definition) is 2. The smallest absolute Gasteiger partial charge is 0.269 e. The molecule has 0 unspecified atom stereocenters. The molecule has 1 aromatic heterocycles. The van der Waals surface area contributed by atoms with Gasteiger partial charge in [0.2, 0.25) is 10.0 Å². The minimum absolute atomic E-state index is 0.0971. The van der Waals surface area contributed by atoms with E-state index in [1.54, 1.807) is 24.3 Å². The summed E-state index contributed by atoms with van der Waals surface area (Å²) < 4.78 is 27.9. The summed E-state index contributed by atoms with van der Waals surface area (Å²) in [4.78, 5) is 26.4.